The Bertz CT molecular complexity index is 555. The largest absolute Gasteiger partial charge is 0.493 e. The second-order valence-corrected chi connectivity index (χ2v) is 5.87. The summed E-state index contributed by atoms with van der Waals surface area (Å²) in [5.41, 5.74) is 2.51. The highest BCUT2D eigenvalue weighted by Gasteiger charge is 2.39. The molecule has 1 aromatic rings. The van der Waals surface area contributed by atoms with Crippen molar-refractivity contribution < 1.29 is 14.6 Å². The lowest BCUT2D eigenvalue weighted by atomic mass is 9.85. The molecule has 0 bridgehead atoms. The van der Waals surface area contributed by atoms with Crippen LogP contribution in [0.25, 0.3) is 0 Å². The Balaban J connectivity index is 2.02. The molecular formula is C17H23NO3. The predicted octanol–water partition coefficient (Wildman–Crippen LogP) is 2.31. The molecule has 3 atom stereocenters. The van der Waals surface area contributed by atoms with Crippen LogP contribution in [-0.2, 0) is 6.54 Å². The minimum atomic E-state index is -0.409. The number of aliphatic hydroxyl groups excluding tert-OH is 1. The average molecular weight is 289 g/mol. The molecule has 1 aliphatic carbocycles. The summed E-state index contributed by atoms with van der Waals surface area (Å²) < 4.78 is 11.6. The predicted molar refractivity (Wildman–Crippen MR) is 81.9 cm³/mol. The van der Waals surface area contributed by atoms with Crippen LogP contribution in [0.3, 0.4) is 0 Å². The highest BCUT2D eigenvalue weighted by Crippen LogP contribution is 2.49. The lowest BCUT2D eigenvalue weighted by molar-refractivity contribution is 0.117. The maximum atomic E-state index is 9.81. The van der Waals surface area contributed by atoms with E-state index in [1.165, 1.54) is 11.1 Å². The van der Waals surface area contributed by atoms with Crippen LogP contribution in [-0.4, -0.2) is 42.9 Å². The van der Waals surface area contributed by atoms with Gasteiger partial charge in [-0.1, -0.05) is 25.1 Å². The van der Waals surface area contributed by atoms with Crippen LogP contribution in [0, 0.1) is 0 Å². The van der Waals surface area contributed by atoms with E-state index < -0.39 is 6.10 Å². The van der Waals surface area contributed by atoms with E-state index in [1.54, 1.807) is 7.11 Å². The molecule has 4 nitrogen and oxygen atoms in total. The highest BCUT2D eigenvalue weighted by molar-refractivity contribution is 5.57. The second-order valence-electron chi connectivity index (χ2n) is 5.87. The molecule has 0 radical (unpaired) electrons. The van der Waals surface area contributed by atoms with E-state index >= 15 is 0 Å². The fourth-order valence-corrected chi connectivity index (χ4v) is 3.20. The van der Waals surface area contributed by atoms with Crippen molar-refractivity contribution in [1.29, 1.82) is 0 Å². The summed E-state index contributed by atoms with van der Waals surface area (Å²) in [5.74, 6) is 1.86. The zero-order valence-corrected chi connectivity index (χ0v) is 12.9. The summed E-state index contributed by atoms with van der Waals surface area (Å²) in [6.07, 6.45) is 4.21. The Morgan fingerprint density at radius 3 is 2.90 bits per heavy atom. The van der Waals surface area contributed by atoms with Gasteiger partial charge in [0, 0.05) is 24.4 Å². The Morgan fingerprint density at radius 2 is 2.19 bits per heavy atom. The molecule has 1 unspecified atom stereocenters. The van der Waals surface area contributed by atoms with Crippen molar-refractivity contribution in [2.45, 2.75) is 38.0 Å². The molecule has 0 saturated carbocycles. The topological polar surface area (TPSA) is 41.9 Å². The van der Waals surface area contributed by atoms with Crippen molar-refractivity contribution in [3.05, 3.63) is 35.4 Å². The Morgan fingerprint density at radius 1 is 1.38 bits per heavy atom. The minimum absolute atomic E-state index is 0.0157. The number of aliphatic hydroxyl groups is 1. The molecular weight excluding hydrogens is 266 g/mol. The number of ether oxygens (including phenoxy) is 2. The van der Waals surface area contributed by atoms with Crippen molar-refractivity contribution in [2.75, 3.05) is 20.7 Å². The highest BCUT2D eigenvalue weighted by atomic mass is 16.5. The molecule has 1 aromatic carbocycles. The Hall–Kier alpha value is -1.52. The van der Waals surface area contributed by atoms with Gasteiger partial charge in [-0.2, -0.15) is 0 Å². The van der Waals surface area contributed by atoms with Crippen LogP contribution in [0.4, 0.5) is 0 Å². The third-order valence-corrected chi connectivity index (χ3v) is 4.47. The molecule has 3 rings (SSSR count). The van der Waals surface area contributed by atoms with Crippen molar-refractivity contribution in [2.24, 2.45) is 0 Å². The van der Waals surface area contributed by atoms with Crippen LogP contribution in [0.5, 0.6) is 11.5 Å². The molecule has 2 aliphatic rings. The van der Waals surface area contributed by atoms with E-state index in [1.807, 2.05) is 12.1 Å². The lowest BCUT2D eigenvalue weighted by Gasteiger charge is -2.24. The van der Waals surface area contributed by atoms with E-state index in [-0.39, 0.29) is 12.0 Å². The van der Waals surface area contributed by atoms with Gasteiger partial charge in [0.15, 0.2) is 11.5 Å². The van der Waals surface area contributed by atoms with E-state index in [2.05, 4.69) is 31.0 Å². The van der Waals surface area contributed by atoms with Crippen LogP contribution in [0.15, 0.2) is 24.3 Å². The first-order valence-electron chi connectivity index (χ1n) is 7.55. The normalized spacial score (nSPS) is 26.4. The number of methoxy groups -OCH3 is 1. The molecule has 1 heterocycles. The quantitative estimate of drug-likeness (QED) is 0.864. The lowest BCUT2D eigenvalue weighted by Crippen LogP contribution is -2.27. The standard InChI is InChI=1S/C17H23NO3/c1-4-18(2)10-11-5-8-14(20-3)17-16(11)13-7-6-12(19)9-15(13)21-17/h5-8,12-13,15,19H,4,9-10H2,1-3H3/t12-,13+,15?/m0/s1. The maximum absolute atomic E-state index is 9.81. The van der Waals surface area contributed by atoms with E-state index in [0.717, 1.165) is 24.6 Å². The van der Waals surface area contributed by atoms with Crippen LogP contribution in [0.2, 0.25) is 0 Å². The van der Waals surface area contributed by atoms with Gasteiger partial charge in [0.25, 0.3) is 0 Å². The van der Waals surface area contributed by atoms with Crippen LogP contribution < -0.4 is 9.47 Å². The van der Waals surface area contributed by atoms with Gasteiger partial charge in [-0.15, -0.1) is 0 Å². The molecule has 0 amide bonds. The number of hydrogen-bond acceptors (Lipinski definition) is 4. The number of fused-ring (bicyclic) bond motifs is 3. The van der Waals surface area contributed by atoms with Gasteiger partial charge < -0.3 is 19.5 Å². The Labute approximate surface area is 126 Å². The second kappa shape index (κ2) is 5.70. The summed E-state index contributed by atoms with van der Waals surface area (Å²) in [4.78, 5) is 2.27. The van der Waals surface area contributed by atoms with E-state index in [0.29, 0.717) is 6.42 Å². The zero-order chi connectivity index (χ0) is 15.0. The fraction of sp³-hybridized carbons (Fsp3) is 0.529. The fourth-order valence-electron chi connectivity index (χ4n) is 3.20. The molecule has 0 saturated heterocycles. The van der Waals surface area contributed by atoms with Crippen molar-refractivity contribution in [3.63, 3.8) is 0 Å². The molecule has 0 aromatic heterocycles. The third kappa shape index (κ3) is 2.54. The molecule has 21 heavy (non-hydrogen) atoms. The van der Waals surface area contributed by atoms with Gasteiger partial charge in [0.2, 0.25) is 0 Å². The molecule has 1 aliphatic heterocycles. The first-order valence-corrected chi connectivity index (χ1v) is 7.55. The molecule has 114 valence electrons. The summed E-state index contributed by atoms with van der Waals surface area (Å²) >= 11 is 0. The number of nitrogens with zero attached hydrogens (tertiary/aromatic N) is 1. The van der Waals surface area contributed by atoms with Gasteiger partial charge in [0.05, 0.1) is 13.2 Å². The number of benzene rings is 1. The van der Waals surface area contributed by atoms with Gasteiger partial charge in [-0.25, -0.2) is 0 Å². The van der Waals surface area contributed by atoms with Crippen molar-refractivity contribution in [3.8, 4) is 11.5 Å². The summed E-state index contributed by atoms with van der Waals surface area (Å²) in [5, 5.41) is 9.81. The first kappa shape index (κ1) is 14.4. The Kier molecular flexibility index (Phi) is 3.91. The van der Waals surface area contributed by atoms with Crippen molar-refractivity contribution >= 4 is 0 Å². The number of rotatable bonds is 4. The summed E-state index contributed by atoms with van der Waals surface area (Å²) in [6.45, 7) is 4.05. The average Bonchev–Trinajstić information content (AvgIpc) is 2.86. The van der Waals surface area contributed by atoms with Crippen LogP contribution in [0.1, 0.15) is 30.4 Å². The van der Waals surface area contributed by atoms with E-state index in [4.69, 9.17) is 9.47 Å². The van der Waals surface area contributed by atoms with Gasteiger partial charge >= 0.3 is 0 Å². The van der Waals surface area contributed by atoms with Crippen molar-refractivity contribution in [1.82, 2.24) is 4.90 Å². The maximum Gasteiger partial charge on any atom is 0.165 e. The monoisotopic (exact) mass is 289 g/mol. The van der Waals surface area contributed by atoms with Gasteiger partial charge in [-0.3, -0.25) is 0 Å². The molecule has 0 spiro atoms. The SMILES string of the molecule is CCN(C)Cc1ccc(OC)c2c1[C@@H]1C=C[C@H](O)CC1O2. The van der Waals surface area contributed by atoms with E-state index in [9.17, 15) is 5.11 Å². The molecule has 1 N–H and O–H groups in total. The molecule has 0 fully saturated rings. The first-order chi connectivity index (χ1) is 10.1. The van der Waals surface area contributed by atoms with Crippen LogP contribution >= 0.6 is 0 Å². The summed E-state index contributed by atoms with van der Waals surface area (Å²) in [7, 11) is 3.79. The smallest absolute Gasteiger partial charge is 0.165 e. The number of hydrogen-bond donors (Lipinski definition) is 1. The minimum Gasteiger partial charge on any atom is -0.493 e. The molecule has 4 heteroatoms. The summed E-state index contributed by atoms with van der Waals surface area (Å²) in [6, 6.07) is 4.11. The third-order valence-electron chi connectivity index (χ3n) is 4.47. The van der Waals surface area contributed by atoms with Gasteiger partial charge in [-0.05, 0) is 25.2 Å². The zero-order valence-electron chi connectivity index (χ0n) is 12.9. The van der Waals surface area contributed by atoms with Gasteiger partial charge in [0.1, 0.15) is 6.10 Å².